The lowest BCUT2D eigenvalue weighted by atomic mass is 10.0. The van der Waals surface area contributed by atoms with Crippen LogP contribution in [0, 0.1) is 0 Å². The molecular weight excluding hydrogens is 344 g/mol. The van der Waals surface area contributed by atoms with Crippen molar-refractivity contribution in [3.63, 3.8) is 0 Å². The molecule has 0 saturated heterocycles. The molecule has 3 aromatic heterocycles. The average Bonchev–Trinajstić information content (AvgIpc) is 3.18. The molecule has 0 bridgehead atoms. The fraction of sp³-hybridized carbons (Fsp3) is 0.105. The predicted molar refractivity (Wildman–Crippen MR) is 99.9 cm³/mol. The third kappa shape index (κ3) is 4.24. The number of Topliss-reactive ketones (excluding diaryl/α,β-unsaturated/α-hetero) is 1. The number of nitrogens with zero attached hydrogens (tertiary/aromatic N) is 3. The molecule has 1 atom stereocenters. The second-order valence-electron chi connectivity index (χ2n) is 5.84. The largest absolute Gasteiger partial charge is 0.374 e. The molecule has 0 spiro atoms. The molecule has 1 unspecified atom stereocenters. The summed E-state index contributed by atoms with van der Waals surface area (Å²) in [7, 11) is 0. The summed E-state index contributed by atoms with van der Waals surface area (Å²) in [6.07, 6.45) is 6.74. The lowest BCUT2D eigenvalue weighted by molar-refractivity contribution is -0.137. The molecule has 8 heteroatoms. The smallest absolute Gasteiger partial charge is 0.287 e. The summed E-state index contributed by atoms with van der Waals surface area (Å²) < 4.78 is 0. The van der Waals surface area contributed by atoms with Crippen LogP contribution in [-0.4, -0.2) is 37.9 Å². The molecule has 0 aliphatic carbocycles. The highest BCUT2D eigenvalue weighted by Crippen LogP contribution is 2.23. The van der Waals surface area contributed by atoms with Crippen LogP contribution in [0.25, 0.3) is 17.1 Å². The number of amides is 1. The number of hydrogen-bond acceptors (Lipinski definition) is 6. The molecule has 27 heavy (non-hydrogen) atoms. The number of carbonyl (C=O) groups is 2. The van der Waals surface area contributed by atoms with E-state index in [9.17, 15) is 9.59 Å². The summed E-state index contributed by atoms with van der Waals surface area (Å²) in [5, 5.41) is 9.92. The molecule has 0 saturated carbocycles. The van der Waals surface area contributed by atoms with Crippen LogP contribution >= 0.6 is 0 Å². The topological polar surface area (TPSA) is 127 Å². The van der Waals surface area contributed by atoms with Gasteiger partial charge < -0.3 is 11.1 Å². The summed E-state index contributed by atoms with van der Waals surface area (Å²) in [4.78, 5) is 32.0. The molecule has 3 rings (SSSR count). The third-order valence-electron chi connectivity index (χ3n) is 3.96. The van der Waals surface area contributed by atoms with Gasteiger partial charge in [0.25, 0.3) is 5.91 Å². The van der Waals surface area contributed by atoms with Gasteiger partial charge in [-0.2, -0.15) is 5.10 Å². The van der Waals surface area contributed by atoms with E-state index in [1.54, 1.807) is 30.9 Å². The second-order valence-corrected chi connectivity index (χ2v) is 5.84. The number of nitrogens with two attached hydrogens (primary N) is 1. The summed E-state index contributed by atoms with van der Waals surface area (Å²) in [5.74, 6) is -1.75. The average molecular weight is 362 g/mol. The minimum absolute atomic E-state index is 0.241. The number of ketones is 1. The van der Waals surface area contributed by atoms with Crippen molar-refractivity contribution >= 4 is 17.4 Å². The van der Waals surface area contributed by atoms with Gasteiger partial charge in [0.2, 0.25) is 5.78 Å². The molecule has 4 N–H and O–H groups in total. The molecule has 136 valence electrons. The Balaban J connectivity index is 1.84. The quantitative estimate of drug-likeness (QED) is 0.515. The highest BCUT2D eigenvalue weighted by atomic mass is 16.2. The molecule has 0 aromatic carbocycles. The minimum atomic E-state index is -1.01. The number of hydrogen-bond donors (Lipinski definition) is 3. The highest BCUT2D eigenvalue weighted by Gasteiger charge is 2.25. The zero-order valence-corrected chi connectivity index (χ0v) is 14.4. The van der Waals surface area contributed by atoms with Crippen LogP contribution < -0.4 is 11.1 Å². The fourth-order valence-electron chi connectivity index (χ4n) is 2.64. The molecule has 8 nitrogen and oxygen atoms in total. The first-order valence-corrected chi connectivity index (χ1v) is 8.19. The number of H-pyrrole nitrogens is 1. The van der Waals surface area contributed by atoms with Gasteiger partial charge in [-0.25, -0.2) is 0 Å². The van der Waals surface area contributed by atoms with Gasteiger partial charge in [0.1, 0.15) is 0 Å². The zero-order valence-electron chi connectivity index (χ0n) is 14.4. The van der Waals surface area contributed by atoms with Gasteiger partial charge in [0.15, 0.2) is 0 Å². The van der Waals surface area contributed by atoms with Crippen molar-refractivity contribution in [3.05, 3.63) is 72.8 Å². The number of primary amides is 1. The fourth-order valence-corrected chi connectivity index (χ4v) is 2.64. The van der Waals surface area contributed by atoms with Crippen molar-refractivity contribution in [1.29, 1.82) is 0 Å². The van der Waals surface area contributed by atoms with Crippen molar-refractivity contribution in [1.82, 2.24) is 25.5 Å². The Morgan fingerprint density at radius 1 is 1.19 bits per heavy atom. The van der Waals surface area contributed by atoms with Gasteiger partial charge in [0, 0.05) is 36.3 Å². The van der Waals surface area contributed by atoms with E-state index in [1.165, 1.54) is 0 Å². The minimum Gasteiger partial charge on any atom is -0.374 e. The number of aromatic amines is 1. The number of rotatable bonds is 8. The highest BCUT2D eigenvalue weighted by molar-refractivity contribution is 6.37. The van der Waals surface area contributed by atoms with Gasteiger partial charge in [-0.1, -0.05) is 18.7 Å². The van der Waals surface area contributed by atoms with Crippen LogP contribution in [0.4, 0.5) is 0 Å². The van der Waals surface area contributed by atoms with E-state index in [2.05, 4.69) is 32.1 Å². The molecule has 0 aliphatic rings. The standard InChI is InChI=1S/C19H18N6O2/c1-12(14-11-23-25-17(14)15-6-2-3-8-22-15)24-16(18(26)19(20)27)9-13-5-4-7-21-10-13/h2-8,10-11,16,24H,1,9H2,(H2,20,27)(H,23,25). The summed E-state index contributed by atoms with van der Waals surface area (Å²) in [5.41, 5.74) is 8.39. The van der Waals surface area contributed by atoms with E-state index in [4.69, 9.17) is 5.73 Å². The third-order valence-corrected chi connectivity index (χ3v) is 3.96. The molecule has 0 aliphatic heterocycles. The van der Waals surface area contributed by atoms with Gasteiger partial charge >= 0.3 is 0 Å². The lowest BCUT2D eigenvalue weighted by Crippen LogP contribution is -2.44. The van der Waals surface area contributed by atoms with Gasteiger partial charge in [0.05, 0.1) is 23.6 Å². The van der Waals surface area contributed by atoms with Crippen molar-refractivity contribution in [3.8, 4) is 11.4 Å². The Kier molecular flexibility index (Phi) is 5.36. The molecule has 0 fully saturated rings. The molecule has 1 amide bonds. The van der Waals surface area contributed by atoms with Crippen molar-refractivity contribution in [2.45, 2.75) is 12.5 Å². The van der Waals surface area contributed by atoms with E-state index in [0.29, 0.717) is 22.6 Å². The molecule has 3 heterocycles. The van der Waals surface area contributed by atoms with Gasteiger partial charge in [-0.15, -0.1) is 0 Å². The van der Waals surface area contributed by atoms with Crippen LogP contribution in [0.5, 0.6) is 0 Å². The zero-order chi connectivity index (χ0) is 19.2. The molecular formula is C19H18N6O2. The first-order chi connectivity index (χ1) is 13.1. The van der Waals surface area contributed by atoms with E-state index >= 15 is 0 Å². The van der Waals surface area contributed by atoms with Gasteiger partial charge in [-0.05, 0) is 23.8 Å². The van der Waals surface area contributed by atoms with Crippen molar-refractivity contribution in [2.24, 2.45) is 5.73 Å². The van der Waals surface area contributed by atoms with Crippen molar-refractivity contribution in [2.75, 3.05) is 0 Å². The lowest BCUT2D eigenvalue weighted by Gasteiger charge is -2.19. The SMILES string of the molecule is C=C(NC(Cc1cccnc1)C(=O)C(N)=O)c1cn[nH]c1-c1ccccn1. The summed E-state index contributed by atoms with van der Waals surface area (Å²) in [6.45, 7) is 3.99. The molecule has 3 aromatic rings. The number of aromatic nitrogens is 4. The Morgan fingerprint density at radius 2 is 2.04 bits per heavy atom. The van der Waals surface area contributed by atoms with E-state index < -0.39 is 17.7 Å². The Morgan fingerprint density at radius 3 is 2.70 bits per heavy atom. The maximum atomic E-state index is 12.3. The van der Waals surface area contributed by atoms with Crippen LogP contribution in [0.15, 0.2) is 61.7 Å². The molecule has 0 radical (unpaired) electrons. The number of nitrogens with one attached hydrogen (secondary N) is 2. The summed E-state index contributed by atoms with van der Waals surface area (Å²) >= 11 is 0. The monoisotopic (exact) mass is 362 g/mol. The van der Waals surface area contributed by atoms with Crippen LogP contribution in [0.3, 0.4) is 0 Å². The first-order valence-electron chi connectivity index (χ1n) is 8.19. The maximum absolute atomic E-state index is 12.3. The second kappa shape index (κ2) is 8.05. The van der Waals surface area contributed by atoms with Crippen LogP contribution in [0.1, 0.15) is 11.1 Å². The van der Waals surface area contributed by atoms with Crippen LogP contribution in [0.2, 0.25) is 0 Å². The van der Waals surface area contributed by atoms with E-state index in [1.807, 2.05) is 24.3 Å². The maximum Gasteiger partial charge on any atom is 0.287 e. The first kappa shape index (κ1) is 18.0. The Hall–Kier alpha value is -3.81. The van der Waals surface area contributed by atoms with Crippen molar-refractivity contribution < 1.29 is 9.59 Å². The normalized spacial score (nSPS) is 11.6. The van der Waals surface area contributed by atoms with Gasteiger partial charge in [-0.3, -0.25) is 24.7 Å². The Labute approximate surface area is 155 Å². The summed E-state index contributed by atoms with van der Waals surface area (Å²) in [6, 6.07) is 8.19. The van der Waals surface area contributed by atoms with E-state index in [-0.39, 0.29) is 6.42 Å². The Bertz CT molecular complexity index is 953. The predicted octanol–water partition coefficient (Wildman–Crippen LogP) is 1.09. The number of carbonyl (C=O) groups excluding carboxylic acids is 2. The van der Waals surface area contributed by atoms with Crippen LogP contribution in [-0.2, 0) is 16.0 Å². The number of pyridine rings is 2. The van der Waals surface area contributed by atoms with E-state index in [0.717, 1.165) is 5.56 Å².